The number of esters is 1. The average Bonchev–Trinajstić information content (AvgIpc) is 3.51. The van der Waals surface area contributed by atoms with Crippen molar-refractivity contribution >= 4 is 39.2 Å². The van der Waals surface area contributed by atoms with Crippen LogP contribution in [-0.4, -0.2) is 47.8 Å². The van der Waals surface area contributed by atoms with Crippen molar-refractivity contribution in [1.82, 2.24) is 15.0 Å². The van der Waals surface area contributed by atoms with Gasteiger partial charge in [0, 0.05) is 17.7 Å². The van der Waals surface area contributed by atoms with Gasteiger partial charge >= 0.3 is 5.97 Å². The molecule has 2 aromatic rings. The third kappa shape index (κ3) is 5.34. The number of rotatable bonds is 8. The van der Waals surface area contributed by atoms with Gasteiger partial charge in [0.15, 0.2) is 12.5 Å². The molecule has 0 aromatic carbocycles. The zero-order valence-corrected chi connectivity index (χ0v) is 26.1. The van der Waals surface area contributed by atoms with E-state index in [9.17, 15) is 4.79 Å². The number of hydrogen-bond acceptors (Lipinski definition) is 6. The molecule has 4 N–H and O–H groups in total. The highest BCUT2D eigenvalue weighted by Crippen LogP contribution is 2.62. The molecule has 3 aliphatic rings. The number of carbonyl (C=O) groups excluding carboxylic acids is 1. The maximum atomic E-state index is 12.7. The van der Waals surface area contributed by atoms with E-state index in [2.05, 4.69) is 82.7 Å². The van der Waals surface area contributed by atoms with Crippen LogP contribution in [0.1, 0.15) is 76.7 Å². The minimum atomic E-state index is -0.299. The Kier molecular flexibility index (Phi) is 8.17. The number of quaternary nitrogens is 1. The summed E-state index contributed by atoms with van der Waals surface area (Å²) in [5.74, 6) is 2.43. The molecule has 8 nitrogen and oxygen atoms in total. The van der Waals surface area contributed by atoms with E-state index in [0.29, 0.717) is 30.0 Å². The van der Waals surface area contributed by atoms with Crippen LogP contribution in [0.4, 0.5) is 17.3 Å². The van der Waals surface area contributed by atoms with Crippen molar-refractivity contribution in [3.05, 3.63) is 52.1 Å². The number of allylic oxidation sites excluding steroid dienone is 2. The van der Waals surface area contributed by atoms with E-state index in [4.69, 9.17) is 10.5 Å². The standard InChI is InChI=1S/C31H43BrN6O2/c1-20(11-14-38-19-37(5)28-26(38)27(33)35-18-36-28)9-12-30(3)21(2)10-13-31(4)22(7-6-8-25(30)31)17-40-29(39)24-15-23(32)16-34-24/h7,11,15-16,18,21,25,34H,6,8-10,12-14,17,19H2,1-5H3,(H2,33,35,36)/p+1/b20-11+/t21-,25-,30+,31-/m0/s1. The first-order valence-corrected chi connectivity index (χ1v) is 15.3. The van der Waals surface area contributed by atoms with Crippen LogP contribution in [0.3, 0.4) is 0 Å². The highest BCUT2D eigenvalue weighted by atomic mass is 79.9. The minimum absolute atomic E-state index is 0.0548. The van der Waals surface area contributed by atoms with E-state index in [0.717, 1.165) is 54.9 Å². The number of nitrogens with two attached hydrogens (primary N) is 1. The molecular formula is C31H44BrN6O2+. The molecule has 5 rings (SSSR count). The van der Waals surface area contributed by atoms with Crippen LogP contribution >= 0.6 is 15.9 Å². The lowest BCUT2D eigenvalue weighted by Gasteiger charge is -2.58. The highest BCUT2D eigenvalue weighted by molar-refractivity contribution is 9.10. The fourth-order valence-corrected chi connectivity index (χ4v) is 7.97. The number of carbonyl (C=O) groups is 1. The normalized spacial score (nSPS) is 30.1. The Morgan fingerprint density at radius 3 is 2.90 bits per heavy atom. The molecule has 216 valence electrons. The molecule has 0 amide bonds. The third-order valence-electron chi connectivity index (χ3n) is 10.3. The molecule has 9 heteroatoms. The van der Waals surface area contributed by atoms with Crippen molar-refractivity contribution < 1.29 is 14.4 Å². The number of ether oxygens (including phenoxy) is 1. The zero-order chi connectivity index (χ0) is 28.7. The molecule has 2 aromatic heterocycles. The van der Waals surface area contributed by atoms with Gasteiger partial charge < -0.3 is 20.4 Å². The van der Waals surface area contributed by atoms with Crippen LogP contribution in [-0.2, 0) is 4.74 Å². The summed E-state index contributed by atoms with van der Waals surface area (Å²) in [7, 11) is 2.06. The Labute approximate surface area is 246 Å². The predicted octanol–water partition coefficient (Wildman–Crippen LogP) is 5.44. The fraction of sp³-hybridized carbons (Fsp3) is 0.581. The number of nitrogen functional groups attached to an aromatic ring is 1. The van der Waals surface area contributed by atoms with Gasteiger partial charge in [-0.3, -0.25) is 4.90 Å². The smallest absolute Gasteiger partial charge is 0.355 e. The molecule has 1 aliphatic heterocycles. The summed E-state index contributed by atoms with van der Waals surface area (Å²) in [5, 5.41) is 0. The maximum absolute atomic E-state index is 12.7. The van der Waals surface area contributed by atoms with Gasteiger partial charge in [0.25, 0.3) is 0 Å². The zero-order valence-electron chi connectivity index (χ0n) is 24.5. The van der Waals surface area contributed by atoms with Gasteiger partial charge in [-0.15, -0.1) is 0 Å². The van der Waals surface area contributed by atoms with Crippen LogP contribution in [0.5, 0.6) is 0 Å². The molecule has 3 heterocycles. The Bertz CT molecular complexity index is 1320. The van der Waals surface area contributed by atoms with Gasteiger partial charge in [0.2, 0.25) is 11.5 Å². The number of anilines is 2. The van der Waals surface area contributed by atoms with E-state index >= 15 is 0 Å². The number of nitrogens with one attached hydrogen (secondary N) is 2. The Morgan fingerprint density at radius 1 is 1.35 bits per heavy atom. The predicted molar refractivity (Wildman–Crippen MR) is 162 cm³/mol. The Morgan fingerprint density at radius 2 is 2.15 bits per heavy atom. The lowest BCUT2D eigenvalue weighted by molar-refractivity contribution is -0.818. The molecule has 2 aliphatic carbocycles. The molecule has 0 saturated heterocycles. The van der Waals surface area contributed by atoms with E-state index in [1.54, 1.807) is 18.6 Å². The summed E-state index contributed by atoms with van der Waals surface area (Å²) in [4.78, 5) is 27.8. The van der Waals surface area contributed by atoms with Crippen molar-refractivity contribution in [2.45, 2.75) is 66.2 Å². The molecule has 1 unspecified atom stereocenters. The number of aromatic amines is 1. The maximum Gasteiger partial charge on any atom is 0.355 e. The number of aromatic nitrogens is 3. The summed E-state index contributed by atoms with van der Waals surface area (Å²) >= 11 is 3.40. The second-order valence-corrected chi connectivity index (χ2v) is 13.6. The molecular weight excluding hydrogens is 568 g/mol. The van der Waals surface area contributed by atoms with E-state index in [-0.39, 0.29) is 16.8 Å². The third-order valence-corrected chi connectivity index (χ3v) is 10.8. The fourth-order valence-electron chi connectivity index (χ4n) is 7.62. The van der Waals surface area contributed by atoms with Gasteiger partial charge in [-0.2, -0.15) is 0 Å². The van der Waals surface area contributed by atoms with Crippen LogP contribution in [0.25, 0.3) is 0 Å². The number of nitrogens with zero attached hydrogens (tertiary/aromatic N) is 3. The Balaban J connectivity index is 1.24. The van der Waals surface area contributed by atoms with Gasteiger partial charge in [-0.05, 0) is 102 Å². The van der Waals surface area contributed by atoms with Gasteiger partial charge in [-0.25, -0.2) is 14.8 Å². The van der Waals surface area contributed by atoms with Gasteiger partial charge in [0.05, 0.1) is 0 Å². The quantitative estimate of drug-likeness (QED) is 0.271. The number of halogens is 1. The van der Waals surface area contributed by atoms with Gasteiger partial charge in [-0.1, -0.05) is 32.4 Å². The summed E-state index contributed by atoms with van der Waals surface area (Å²) in [6.45, 7) is 11.8. The van der Waals surface area contributed by atoms with Crippen LogP contribution in [0.2, 0.25) is 0 Å². The highest BCUT2D eigenvalue weighted by Gasteiger charge is 2.53. The van der Waals surface area contributed by atoms with Crippen molar-refractivity contribution in [1.29, 1.82) is 0 Å². The van der Waals surface area contributed by atoms with E-state index < -0.39 is 0 Å². The van der Waals surface area contributed by atoms with Crippen molar-refractivity contribution in [3.63, 3.8) is 0 Å². The molecule has 0 bridgehead atoms. The van der Waals surface area contributed by atoms with Crippen molar-refractivity contribution in [2.24, 2.45) is 22.7 Å². The SMILES string of the molecule is C/C(=C\C[NH+]1CN(C)c2ncnc(N)c21)CC[C@]1(C)[C@@H](C)CC[C@@]2(C)C(COC(=O)c3cc(Br)c[nH]3)=CCC[C@@H]12. The van der Waals surface area contributed by atoms with Crippen LogP contribution in [0, 0.1) is 22.7 Å². The molecule has 0 radical (unpaired) electrons. The van der Waals surface area contributed by atoms with E-state index in [1.807, 2.05) is 0 Å². The topological polar surface area (TPSA) is 102 Å². The molecule has 0 spiro atoms. The minimum Gasteiger partial charge on any atom is -0.456 e. The summed E-state index contributed by atoms with van der Waals surface area (Å²) in [6.07, 6.45) is 14.9. The molecule has 1 saturated carbocycles. The van der Waals surface area contributed by atoms with Crippen LogP contribution in [0.15, 0.2) is 46.4 Å². The summed E-state index contributed by atoms with van der Waals surface area (Å²) in [6, 6.07) is 1.77. The lowest BCUT2D eigenvalue weighted by atomic mass is 9.47. The first-order valence-electron chi connectivity index (χ1n) is 14.6. The molecule has 5 atom stereocenters. The van der Waals surface area contributed by atoms with E-state index in [1.165, 1.54) is 28.9 Å². The average molecular weight is 613 g/mol. The number of hydrogen-bond donors (Lipinski definition) is 3. The monoisotopic (exact) mass is 611 g/mol. The van der Waals surface area contributed by atoms with Crippen molar-refractivity contribution in [2.75, 3.05) is 37.5 Å². The number of fused-ring (bicyclic) bond motifs is 2. The summed E-state index contributed by atoms with van der Waals surface area (Å²) < 4.78 is 6.67. The first-order chi connectivity index (χ1) is 19.0. The van der Waals surface area contributed by atoms with Crippen LogP contribution < -0.4 is 15.5 Å². The molecule has 40 heavy (non-hydrogen) atoms. The van der Waals surface area contributed by atoms with Gasteiger partial charge in [0.1, 0.15) is 25.2 Å². The second kappa shape index (κ2) is 11.3. The Hall–Kier alpha value is -2.65. The van der Waals surface area contributed by atoms with Crippen molar-refractivity contribution in [3.8, 4) is 0 Å². The summed E-state index contributed by atoms with van der Waals surface area (Å²) in [5.41, 5.74) is 10.7. The molecule has 1 fully saturated rings. The first kappa shape index (κ1) is 28.9. The number of H-pyrrole nitrogens is 1. The second-order valence-electron chi connectivity index (χ2n) is 12.7. The largest absolute Gasteiger partial charge is 0.456 e. The lowest BCUT2D eigenvalue weighted by Crippen LogP contribution is -3.06.